The van der Waals surface area contributed by atoms with E-state index >= 15 is 0 Å². The van der Waals surface area contributed by atoms with E-state index in [0.717, 1.165) is 9.79 Å². The van der Waals surface area contributed by atoms with Crippen molar-refractivity contribution in [3.05, 3.63) is 95.6 Å². The quantitative estimate of drug-likeness (QED) is 0.467. The first-order chi connectivity index (χ1) is 10.3. The molecule has 0 aliphatic heterocycles. The molecule has 1 atom stereocenters. The molecule has 104 valence electrons. The lowest BCUT2D eigenvalue weighted by Crippen LogP contribution is -2.04. The van der Waals surface area contributed by atoms with Crippen LogP contribution in [0.3, 0.4) is 0 Å². The molecule has 0 heterocycles. The predicted octanol–water partition coefficient (Wildman–Crippen LogP) is 5.44. The molecule has 3 rings (SSSR count). The Balaban J connectivity index is 2.19. The first-order valence-electron chi connectivity index (χ1n) is 6.87. The van der Waals surface area contributed by atoms with Crippen molar-refractivity contribution in [2.45, 2.75) is 15.7 Å². The lowest BCUT2D eigenvalue weighted by Gasteiger charge is -2.20. The Morgan fingerprint density at radius 3 is 2.00 bits per heavy atom. The van der Waals surface area contributed by atoms with Gasteiger partial charge in [-0.1, -0.05) is 60.7 Å². The van der Waals surface area contributed by atoms with Crippen LogP contribution >= 0.6 is 25.3 Å². The Labute approximate surface area is 136 Å². The van der Waals surface area contributed by atoms with E-state index in [9.17, 15) is 0 Å². The Kier molecular flexibility index (Phi) is 4.37. The van der Waals surface area contributed by atoms with E-state index in [1.165, 1.54) is 16.7 Å². The zero-order valence-electron chi connectivity index (χ0n) is 11.5. The third-order valence-corrected chi connectivity index (χ3v) is 4.27. The van der Waals surface area contributed by atoms with Crippen molar-refractivity contribution in [1.29, 1.82) is 0 Å². The molecule has 0 aliphatic carbocycles. The summed E-state index contributed by atoms with van der Waals surface area (Å²) in [4.78, 5) is 1.99. The van der Waals surface area contributed by atoms with E-state index in [2.05, 4.69) is 79.9 Å². The zero-order chi connectivity index (χ0) is 14.7. The fraction of sp³-hybridized carbons (Fsp3) is 0.0526. The van der Waals surface area contributed by atoms with Crippen molar-refractivity contribution in [2.75, 3.05) is 0 Å². The van der Waals surface area contributed by atoms with Crippen LogP contribution in [0.5, 0.6) is 0 Å². The maximum absolute atomic E-state index is 4.64. The molecule has 3 aromatic rings. The standard InChI is InChI=1S/C19H16S2/c20-16-10-6-9-15(13-16)19(14-7-2-1-3-8-14)17-11-4-5-12-18(17)21/h1-13,19-21H. The van der Waals surface area contributed by atoms with Crippen molar-refractivity contribution >= 4 is 25.3 Å². The Bertz CT molecular complexity index is 735. The molecule has 0 aromatic heterocycles. The van der Waals surface area contributed by atoms with Crippen LogP contribution in [0.15, 0.2) is 88.7 Å². The topological polar surface area (TPSA) is 0 Å². The van der Waals surface area contributed by atoms with Crippen molar-refractivity contribution in [2.24, 2.45) is 0 Å². The molecule has 0 amide bonds. The van der Waals surface area contributed by atoms with Crippen LogP contribution < -0.4 is 0 Å². The second-order valence-corrected chi connectivity index (χ2v) is 6.00. The van der Waals surface area contributed by atoms with Crippen LogP contribution in [0, 0.1) is 0 Å². The van der Waals surface area contributed by atoms with Crippen molar-refractivity contribution in [3.63, 3.8) is 0 Å². The third-order valence-electron chi connectivity index (χ3n) is 3.58. The highest BCUT2D eigenvalue weighted by atomic mass is 32.1. The number of rotatable bonds is 3. The van der Waals surface area contributed by atoms with Crippen LogP contribution in [-0.4, -0.2) is 0 Å². The van der Waals surface area contributed by atoms with Gasteiger partial charge in [0, 0.05) is 15.7 Å². The molecule has 2 heteroatoms. The average Bonchev–Trinajstić information content (AvgIpc) is 2.51. The lowest BCUT2D eigenvalue weighted by molar-refractivity contribution is 0.941. The second-order valence-electron chi connectivity index (χ2n) is 5.00. The highest BCUT2D eigenvalue weighted by molar-refractivity contribution is 7.80. The van der Waals surface area contributed by atoms with Gasteiger partial charge in [-0.05, 0) is 34.9 Å². The molecule has 0 radical (unpaired) electrons. The number of benzene rings is 3. The minimum Gasteiger partial charge on any atom is -0.143 e. The molecular formula is C19H16S2. The summed E-state index contributed by atoms with van der Waals surface area (Å²) in [5, 5.41) is 0. The van der Waals surface area contributed by atoms with Gasteiger partial charge in [-0.15, -0.1) is 25.3 Å². The molecule has 0 nitrogen and oxygen atoms in total. The first-order valence-corrected chi connectivity index (χ1v) is 7.77. The molecule has 0 saturated heterocycles. The maximum atomic E-state index is 4.64. The molecule has 21 heavy (non-hydrogen) atoms. The van der Waals surface area contributed by atoms with E-state index in [0.29, 0.717) is 0 Å². The molecule has 0 aliphatic rings. The predicted molar refractivity (Wildman–Crippen MR) is 94.8 cm³/mol. The molecular weight excluding hydrogens is 292 g/mol. The molecule has 0 N–H and O–H groups in total. The van der Waals surface area contributed by atoms with Crippen molar-refractivity contribution < 1.29 is 0 Å². The van der Waals surface area contributed by atoms with Crippen LogP contribution in [0.4, 0.5) is 0 Å². The molecule has 0 fully saturated rings. The Morgan fingerprint density at radius 1 is 0.619 bits per heavy atom. The fourth-order valence-corrected chi connectivity index (χ4v) is 3.16. The van der Waals surface area contributed by atoms with Crippen LogP contribution in [0.2, 0.25) is 0 Å². The van der Waals surface area contributed by atoms with E-state index in [1.807, 2.05) is 24.3 Å². The van der Waals surface area contributed by atoms with Gasteiger partial charge in [0.1, 0.15) is 0 Å². The largest absolute Gasteiger partial charge is 0.143 e. The van der Waals surface area contributed by atoms with Gasteiger partial charge in [-0.2, -0.15) is 0 Å². The van der Waals surface area contributed by atoms with Gasteiger partial charge in [0.05, 0.1) is 0 Å². The molecule has 0 saturated carbocycles. The normalized spacial score (nSPS) is 12.1. The monoisotopic (exact) mass is 308 g/mol. The summed E-state index contributed by atoms with van der Waals surface area (Å²) in [5.41, 5.74) is 3.71. The molecule has 0 bridgehead atoms. The van der Waals surface area contributed by atoms with Crippen LogP contribution in [-0.2, 0) is 0 Å². The summed E-state index contributed by atoms with van der Waals surface area (Å²) in [6.45, 7) is 0. The Hall–Kier alpha value is -1.64. The summed E-state index contributed by atoms with van der Waals surface area (Å²) in [5.74, 6) is 0.173. The smallest absolute Gasteiger partial charge is 0.0351 e. The number of hydrogen-bond donors (Lipinski definition) is 2. The SMILES string of the molecule is Sc1cccc(C(c2ccccc2)c2ccccc2S)c1. The van der Waals surface area contributed by atoms with Gasteiger partial charge in [-0.3, -0.25) is 0 Å². The van der Waals surface area contributed by atoms with E-state index < -0.39 is 0 Å². The first kappa shape index (κ1) is 14.3. The number of hydrogen-bond acceptors (Lipinski definition) is 2. The molecule has 1 unspecified atom stereocenters. The minimum absolute atomic E-state index is 0.173. The summed E-state index contributed by atoms with van der Waals surface area (Å²) in [7, 11) is 0. The highest BCUT2D eigenvalue weighted by Gasteiger charge is 2.18. The van der Waals surface area contributed by atoms with Gasteiger partial charge in [0.15, 0.2) is 0 Å². The highest BCUT2D eigenvalue weighted by Crippen LogP contribution is 2.35. The van der Waals surface area contributed by atoms with Crippen molar-refractivity contribution in [1.82, 2.24) is 0 Å². The summed E-state index contributed by atoms with van der Waals surface area (Å²) >= 11 is 9.12. The summed E-state index contributed by atoms with van der Waals surface area (Å²) in [6.07, 6.45) is 0. The van der Waals surface area contributed by atoms with Gasteiger partial charge in [0.25, 0.3) is 0 Å². The molecule has 0 spiro atoms. The van der Waals surface area contributed by atoms with E-state index in [-0.39, 0.29) is 5.92 Å². The van der Waals surface area contributed by atoms with Crippen LogP contribution in [0.1, 0.15) is 22.6 Å². The maximum Gasteiger partial charge on any atom is 0.0351 e. The zero-order valence-corrected chi connectivity index (χ0v) is 13.3. The Morgan fingerprint density at radius 2 is 1.29 bits per heavy atom. The third kappa shape index (κ3) is 3.17. The number of thiol groups is 2. The summed E-state index contributed by atoms with van der Waals surface area (Å²) < 4.78 is 0. The van der Waals surface area contributed by atoms with Crippen molar-refractivity contribution in [3.8, 4) is 0 Å². The average molecular weight is 308 g/mol. The fourth-order valence-electron chi connectivity index (χ4n) is 2.63. The van der Waals surface area contributed by atoms with Gasteiger partial charge in [0.2, 0.25) is 0 Å². The molecule has 3 aromatic carbocycles. The van der Waals surface area contributed by atoms with Gasteiger partial charge in [-0.25, -0.2) is 0 Å². The second kappa shape index (κ2) is 6.42. The lowest BCUT2D eigenvalue weighted by atomic mass is 9.85. The summed E-state index contributed by atoms with van der Waals surface area (Å²) in [6, 6.07) is 27.1. The van der Waals surface area contributed by atoms with E-state index in [4.69, 9.17) is 0 Å². The van der Waals surface area contributed by atoms with Gasteiger partial charge >= 0.3 is 0 Å². The minimum atomic E-state index is 0.173. The van der Waals surface area contributed by atoms with Crippen LogP contribution in [0.25, 0.3) is 0 Å². The van der Waals surface area contributed by atoms with E-state index in [1.54, 1.807) is 0 Å². The van der Waals surface area contributed by atoms with Gasteiger partial charge < -0.3 is 0 Å².